The van der Waals surface area contributed by atoms with Crippen molar-refractivity contribution in [2.75, 3.05) is 11.9 Å². The highest BCUT2D eigenvalue weighted by Gasteiger charge is 1.96. The summed E-state index contributed by atoms with van der Waals surface area (Å²) in [7, 11) is 0. The van der Waals surface area contributed by atoms with E-state index in [0.29, 0.717) is 5.88 Å². The Morgan fingerprint density at radius 1 is 1.33 bits per heavy atom. The van der Waals surface area contributed by atoms with Gasteiger partial charge in [0.05, 0.1) is 0 Å². The monoisotopic (exact) mass is 225 g/mol. The fraction of sp³-hybridized carbons (Fsp3) is 0.538. The van der Waals surface area contributed by atoms with Crippen LogP contribution in [0.2, 0.25) is 0 Å². The van der Waals surface area contributed by atoms with Crippen molar-refractivity contribution in [2.45, 2.75) is 32.6 Å². The number of rotatable bonds is 6. The molecule has 0 bridgehead atoms. The standard InChI is InChI=1S/C13H20ClN/c1-11(2)5-4-8-15-13-7-3-6-12(9-13)10-14/h3,6-7,9,11,15H,4-5,8,10H2,1-2H3. The summed E-state index contributed by atoms with van der Waals surface area (Å²) in [4.78, 5) is 0. The van der Waals surface area contributed by atoms with Crippen molar-refractivity contribution >= 4 is 17.3 Å². The lowest BCUT2D eigenvalue weighted by atomic mass is 10.1. The molecular formula is C13H20ClN. The van der Waals surface area contributed by atoms with E-state index in [4.69, 9.17) is 11.6 Å². The SMILES string of the molecule is CC(C)CCCNc1cccc(CCl)c1. The quantitative estimate of drug-likeness (QED) is 0.563. The van der Waals surface area contributed by atoms with Crippen LogP contribution in [0.4, 0.5) is 5.69 Å². The lowest BCUT2D eigenvalue weighted by Crippen LogP contribution is -2.03. The third-order valence-electron chi connectivity index (χ3n) is 2.37. The molecule has 0 spiro atoms. The molecule has 1 aromatic carbocycles. The van der Waals surface area contributed by atoms with E-state index in [1.807, 2.05) is 12.1 Å². The van der Waals surface area contributed by atoms with E-state index in [9.17, 15) is 0 Å². The molecule has 0 heterocycles. The van der Waals surface area contributed by atoms with Crippen molar-refractivity contribution in [3.05, 3.63) is 29.8 Å². The van der Waals surface area contributed by atoms with Gasteiger partial charge >= 0.3 is 0 Å². The molecule has 1 N–H and O–H groups in total. The van der Waals surface area contributed by atoms with Crippen LogP contribution in [0.25, 0.3) is 0 Å². The topological polar surface area (TPSA) is 12.0 Å². The Balaban J connectivity index is 2.30. The fourth-order valence-corrected chi connectivity index (χ4v) is 1.67. The predicted octanol–water partition coefficient (Wildman–Crippen LogP) is 4.27. The van der Waals surface area contributed by atoms with Crippen LogP contribution >= 0.6 is 11.6 Å². The average molecular weight is 226 g/mol. The first-order valence-electron chi connectivity index (χ1n) is 5.61. The molecule has 1 aromatic rings. The molecular weight excluding hydrogens is 206 g/mol. The van der Waals surface area contributed by atoms with Gasteiger partial charge in [-0.2, -0.15) is 0 Å². The van der Waals surface area contributed by atoms with Gasteiger partial charge in [-0.05, 0) is 36.5 Å². The van der Waals surface area contributed by atoms with Gasteiger partial charge in [0.1, 0.15) is 0 Å². The molecule has 0 radical (unpaired) electrons. The van der Waals surface area contributed by atoms with Gasteiger partial charge in [0, 0.05) is 18.1 Å². The Morgan fingerprint density at radius 3 is 2.80 bits per heavy atom. The van der Waals surface area contributed by atoms with Crippen LogP contribution in [-0.4, -0.2) is 6.54 Å². The number of benzene rings is 1. The predicted molar refractivity (Wildman–Crippen MR) is 68.6 cm³/mol. The van der Waals surface area contributed by atoms with E-state index in [0.717, 1.165) is 12.5 Å². The van der Waals surface area contributed by atoms with E-state index in [1.165, 1.54) is 24.1 Å². The normalized spacial score (nSPS) is 10.7. The molecule has 0 fully saturated rings. The highest BCUT2D eigenvalue weighted by Crippen LogP contribution is 2.13. The zero-order chi connectivity index (χ0) is 11.1. The summed E-state index contributed by atoms with van der Waals surface area (Å²) >= 11 is 5.77. The van der Waals surface area contributed by atoms with Crippen molar-refractivity contribution in [3.8, 4) is 0 Å². The van der Waals surface area contributed by atoms with Crippen LogP contribution in [0.1, 0.15) is 32.3 Å². The van der Waals surface area contributed by atoms with Crippen LogP contribution in [0.15, 0.2) is 24.3 Å². The molecule has 1 rings (SSSR count). The smallest absolute Gasteiger partial charge is 0.0474 e. The van der Waals surface area contributed by atoms with Gasteiger partial charge in [-0.1, -0.05) is 26.0 Å². The lowest BCUT2D eigenvalue weighted by Gasteiger charge is -2.08. The van der Waals surface area contributed by atoms with E-state index in [2.05, 4.69) is 31.3 Å². The van der Waals surface area contributed by atoms with Crippen LogP contribution in [-0.2, 0) is 5.88 Å². The Morgan fingerprint density at radius 2 is 2.13 bits per heavy atom. The van der Waals surface area contributed by atoms with Crippen LogP contribution in [0.3, 0.4) is 0 Å². The van der Waals surface area contributed by atoms with E-state index in [1.54, 1.807) is 0 Å². The van der Waals surface area contributed by atoms with Crippen LogP contribution in [0, 0.1) is 5.92 Å². The minimum Gasteiger partial charge on any atom is -0.385 e. The van der Waals surface area contributed by atoms with Gasteiger partial charge < -0.3 is 5.32 Å². The minimum absolute atomic E-state index is 0.585. The fourth-order valence-electron chi connectivity index (χ4n) is 1.51. The van der Waals surface area contributed by atoms with Gasteiger partial charge in [0.15, 0.2) is 0 Å². The number of hydrogen-bond donors (Lipinski definition) is 1. The molecule has 0 aliphatic rings. The Hall–Kier alpha value is -0.690. The summed E-state index contributed by atoms with van der Waals surface area (Å²) in [6.45, 7) is 5.56. The Bertz CT molecular complexity index is 284. The maximum absolute atomic E-state index is 5.77. The summed E-state index contributed by atoms with van der Waals surface area (Å²) in [6, 6.07) is 8.29. The van der Waals surface area contributed by atoms with E-state index < -0.39 is 0 Å². The molecule has 0 saturated heterocycles. The maximum atomic E-state index is 5.77. The molecule has 15 heavy (non-hydrogen) atoms. The molecule has 0 amide bonds. The molecule has 0 unspecified atom stereocenters. The summed E-state index contributed by atoms with van der Waals surface area (Å²) < 4.78 is 0. The van der Waals surface area contributed by atoms with Crippen molar-refractivity contribution < 1.29 is 0 Å². The summed E-state index contributed by atoms with van der Waals surface area (Å²) in [5, 5.41) is 3.42. The molecule has 2 heteroatoms. The maximum Gasteiger partial charge on any atom is 0.0474 e. The molecule has 0 atom stereocenters. The molecule has 0 aromatic heterocycles. The second-order valence-electron chi connectivity index (χ2n) is 4.30. The number of alkyl halides is 1. The zero-order valence-corrected chi connectivity index (χ0v) is 10.3. The first-order valence-corrected chi connectivity index (χ1v) is 6.14. The van der Waals surface area contributed by atoms with Gasteiger partial charge in [0.2, 0.25) is 0 Å². The highest BCUT2D eigenvalue weighted by atomic mass is 35.5. The zero-order valence-electron chi connectivity index (χ0n) is 9.59. The highest BCUT2D eigenvalue weighted by molar-refractivity contribution is 6.17. The summed E-state index contributed by atoms with van der Waals surface area (Å²) in [5.41, 5.74) is 2.35. The van der Waals surface area contributed by atoms with Gasteiger partial charge in [-0.3, -0.25) is 0 Å². The van der Waals surface area contributed by atoms with E-state index in [-0.39, 0.29) is 0 Å². The molecule has 1 nitrogen and oxygen atoms in total. The van der Waals surface area contributed by atoms with Gasteiger partial charge in [-0.15, -0.1) is 11.6 Å². The third kappa shape index (κ3) is 5.08. The van der Waals surface area contributed by atoms with E-state index >= 15 is 0 Å². The Labute approximate surface area is 97.8 Å². The first-order chi connectivity index (χ1) is 7.22. The second kappa shape index (κ2) is 6.73. The average Bonchev–Trinajstić information content (AvgIpc) is 2.24. The number of nitrogens with one attached hydrogen (secondary N) is 1. The van der Waals surface area contributed by atoms with Gasteiger partial charge in [0.25, 0.3) is 0 Å². The van der Waals surface area contributed by atoms with Crippen molar-refractivity contribution in [3.63, 3.8) is 0 Å². The Kier molecular flexibility index (Phi) is 5.56. The summed E-state index contributed by atoms with van der Waals surface area (Å²) in [6.07, 6.45) is 2.50. The van der Waals surface area contributed by atoms with Crippen LogP contribution < -0.4 is 5.32 Å². The summed E-state index contributed by atoms with van der Waals surface area (Å²) in [5.74, 6) is 1.38. The molecule has 0 saturated carbocycles. The van der Waals surface area contributed by atoms with Crippen molar-refractivity contribution in [2.24, 2.45) is 5.92 Å². The van der Waals surface area contributed by atoms with Crippen molar-refractivity contribution in [1.82, 2.24) is 0 Å². The van der Waals surface area contributed by atoms with Crippen molar-refractivity contribution in [1.29, 1.82) is 0 Å². The first kappa shape index (κ1) is 12.4. The molecule has 0 aliphatic carbocycles. The van der Waals surface area contributed by atoms with Crippen LogP contribution in [0.5, 0.6) is 0 Å². The largest absolute Gasteiger partial charge is 0.385 e. The van der Waals surface area contributed by atoms with Gasteiger partial charge in [-0.25, -0.2) is 0 Å². The minimum atomic E-state index is 0.585. The number of halogens is 1. The lowest BCUT2D eigenvalue weighted by molar-refractivity contribution is 0.567. The molecule has 84 valence electrons. The molecule has 0 aliphatic heterocycles. The number of anilines is 1. The number of hydrogen-bond acceptors (Lipinski definition) is 1. The second-order valence-corrected chi connectivity index (χ2v) is 4.56. The third-order valence-corrected chi connectivity index (χ3v) is 2.68.